The standard InChI is InChI=1S/C7H8BrNO3/c1-12-7(8)4-2-6(3-5-7)9(10)11/h2-4H,5H2,1H3. The zero-order valence-electron chi connectivity index (χ0n) is 6.49. The van der Waals surface area contributed by atoms with Gasteiger partial charge in [0, 0.05) is 19.6 Å². The van der Waals surface area contributed by atoms with Gasteiger partial charge >= 0.3 is 0 Å². The van der Waals surface area contributed by atoms with Gasteiger partial charge in [0.1, 0.15) is 4.51 Å². The third-order valence-electron chi connectivity index (χ3n) is 1.64. The number of allylic oxidation sites excluding steroid dienone is 1. The van der Waals surface area contributed by atoms with E-state index < -0.39 is 9.43 Å². The molecule has 1 atom stereocenters. The fraction of sp³-hybridized carbons (Fsp3) is 0.429. The number of nitro groups is 1. The fourth-order valence-corrected chi connectivity index (χ4v) is 1.17. The second-order valence-electron chi connectivity index (χ2n) is 2.41. The summed E-state index contributed by atoms with van der Waals surface area (Å²) in [5.41, 5.74) is 0.113. The Labute approximate surface area is 78.2 Å². The van der Waals surface area contributed by atoms with E-state index in [1.165, 1.54) is 12.2 Å². The quantitative estimate of drug-likeness (QED) is 0.416. The van der Waals surface area contributed by atoms with Crippen LogP contribution in [0.1, 0.15) is 6.42 Å². The Morgan fingerprint density at radius 2 is 2.50 bits per heavy atom. The maximum absolute atomic E-state index is 10.3. The second-order valence-corrected chi connectivity index (χ2v) is 3.76. The minimum Gasteiger partial charge on any atom is -0.363 e. The van der Waals surface area contributed by atoms with Gasteiger partial charge in [0.25, 0.3) is 5.70 Å². The Bertz CT molecular complexity index is 261. The van der Waals surface area contributed by atoms with Gasteiger partial charge in [-0.2, -0.15) is 0 Å². The van der Waals surface area contributed by atoms with Crippen molar-refractivity contribution in [3.63, 3.8) is 0 Å². The van der Waals surface area contributed by atoms with Gasteiger partial charge in [0.05, 0.1) is 4.92 Å². The Morgan fingerprint density at radius 1 is 1.83 bits per heavy atom. The molecule has 0 N–H and O–H groups in total. The molecule has 12 heavy (non-hydrogen) atoms. The first-order valence-electron chi connectivity index (χ1n) is 3.35. The molecule has 0 fully saturated rings. The number of hydrogen-bond acceptors (Lipinski definition) is 3. The van der Waals surface area contributed by atoms with Crippen LogP contribution in [0.5, 0.6) is 0 Å². The Hall–Kier alpha value is -0.680. The Balaban J connectivity index is 2.74. The van der Waals surface area contributed by atoms with Crippen molar-refractivity contribution in [2.45, 2.75) is 10.9 Å². The molecular weight excluding hydrogens is 226 g/mol. The second kappa shape index (κ2) is 3.37. The molecule has 0 aliphatic heterocycles. The van der Waals surface area contributed by atoms with Crippen LogP contribution < -0.4 is 0 Å². The molecule has 0 bridgehead atoms. The van der Waals surface area contributed by atoms with Gasteiger partial charge in [-0.15, -0.1) is 0 Å². The lowest BCUT2D eigenvalue weighted by Gasteiger charge is -2.21. The van der Waals surface area contributed by atoms with Gasteiger partial charge in [-0.25, -0.2) is 0 Å². The average Bonchev–Trinajstić information content (AvgIpc) is 2.05. The molecule has 66 valence electrons. The van der Waals surface area contributed by atoms with Crippen LogP contribution in [-0.2, 0) is 4.74 Å². The molecule has 0 amide bonds. The SMILES string of the molecule is COC1(Br)C=CC([N+](=O)[O-])=CC1. The lowest BCUT2D eigenvalue weighted by atomic mass is 10.1. The van der Waals surface area contributed by atoms with Crippen LogP contribution in [0.3, 0.4) is 0 Å². The Morgan fingerprint density at radius 3 is 2.83 bits per heavy atom. The van der Waals surface area contributed by atoms with Crippen LogP contribution in [0.25, 0.3) is 0 Å². The highest BCUT2D eigenvalue weighted by Gasteiger charge is 2.26. The first kappa shape index (κ1) is 9.41. The first-order valence-corrected chi connectivity index (χ1v) is 4.14. The van der Waals surface area contributed by atoms with Crippen molar-refractivity contribution in [3.05, 3.63) is 34.0 Å². The van der Waals surface area contributed by atoms with Gasteiger partial charge in [-0.1, -0.05) is 0 Å². The van der Waals surface area contributed by atoms with E-state index in [-0.39, 0.29) is 5.70 Å². The Kier molecular flexibility index (Phi) is 2.64. The van der Waals surface area contributed by atoms with Crippen LogP contribution in [-0.4, -0.2) is 16.5 Å². The molecule has 0 spiro atoms. The number of hydrogen-bond donors (Lipinski definition) is 0. The lowest BCUT2D eigenvalue weighted by molar-refractivity contribution is -0.419. The molecule has 0 saturated carbocycles. The highest BCUT2D eigenvalue weighted by molar-refractivity contribution is 9.10. The van der Waals surface area contributed by atoms with Gasteiger partial charge in [0.2, 0.25) is 0 Å². The van der Waals surface area contributed by atoms with E-state index in [0.717, 1.165) is 0 Å². The average molecular weight is 234 g/mol. The molecular formula is C7H8BrNO3. The molecule has 0 saturated heterocycles. The van der Waals surface area contributed by atoms with E-state index >= 15 is 0 Å². The number of rotatable bonds is 2. The normalized spacial score (nSPS) is 28.3. The van der Waals surface area contributed by atoms with E-state index in [0.29, 0.717) is 6.42 Å². The summed E-state index contributed by atoms with van der Waals surface area (Å²) in [5, 5.41) is 10.3. The maximum Gasteiger partial charge on any atom is 0.265 e. The number of alkyl halides is 1. The van der Waals surface area contributed by atoms with Gasteiger partial charge < -0.3 is 4.74 Å². The molecule has 1 rings (SSSR count). The summed E-state index contributed by atoms with van der Waals surface area (Å²) in [6, 6.07) is 0. The van der Waals surface area contributed by atoms with Crippen molar-refractivity contribution in [2.75, 3.05) is 7.11 Å². The molecule has 4 nitrogen and oxygen atoms in total. The summed E-state index contributed by atoms with van der Waals surface area (Å²) in [6.07, 6.45) is 5.06. The summed E-state index contributed by atoms with van der Waals surface area (Å²) >= 11 is 3.30. The van der Waals surface area contributed by atoms with Gasteiger partial charge in [0.15, 0.2) is 0 Å². The number of methoxy groups -OCH3 is 1. The number of ether oxygens (including phenoxy) is 1. The zero-order chi connectivity index (χ0) is 9.19. The molecule has 0 aromatic rings. The van der Waals surface area contributed by atoms with Gasteiger partial charge in [-0.3, -0.25) is 10.1 Å². The van der Waals surface area contributed by atoms with Crippen LogP contribution in [0.2, 0.25) is 0 Å². The molecule has 1 aliphatic rings. The van der Waals surface area contributed by atoms with E-state index in [1.54, 1.807) is 13.2 Å². The third kappa shape index (κ3) is 1.92. The minimum atomic E-state index is -0.563. The van der Waals surface area contributed by atoms with Crippen LogP contribution >= 0.6 is 15.9 Å². The summed E-state index contributed by atoms with van der Waals surface area (Å²) < 4.78 is 4.51. The van der Waals surface area contributed by atoms with Gasteiger partial charge in [-0.05, 0) is 28.1 Å². The fourth-order valence-electron chi connectivity index (χ4n) is 0.876. The number of halogens is 1. The zero-order valence-corrected chi connectivity index (χ0v) is 8.08. The van der Waals surface area contributed by atoms with Crippen molar-refractivity contribution in [3.8, 4) is 0 Å². The molecule has 1 aliphatic carbocycles. The third-order valence-corrected chi connectivity index (χ3v) is 2.55. The van der Waals surface area contributed by atoms with Crippen LogP contribution in [0.4, 0.5) is 0 Å². The van der Waals surface area contributed by atoms with Crippen molar-refractivity contribution in [1.82, 2.24) is 0 Å². The van der Waals surface area contributed by atoms with Crippen molar-refractivity contribution >= 4 is 15.9 Å². The van der Waals surface area contributed by atoms with Crippen molar-refractivity contribution in [1.29, 1.82) is 0 Å². The predicted octanol–water partition coefficient (Wildman–Crippen LogP) is 1.84. The van der Waals surface area contributed by atoms with Crippen molar-refractivity contribution < 1.29 is 9.66 Å². The monoisotopic (exact) mass is 233 g/mol. The lowest BCUT2D eigenvalue weighted by Crippen LogP contribution is -2.22. The first-order chi connectivity index (χ1) is 5.57. The molecule has 5 heteroatoms. The van der Waals surface area contributed by atoms with E-state index in [4.69, 9.17) is 4.74 Å². The van der Waals surface area contributed by atoms with E-state index in [2.05, 4.69) is 15.9 Å². The highest BCUT2D eigenvalue weighted by Crippen LogP contribution is 2.30. The smallest absolute Gasteiger partial charge is 0.265 e. The maximum atomic E-state index is 10.3. The largest absolute Gasteiger partial charge is 0.363 e. The molecule has 0 aromatic heterocycles. The summed E-state index contributed by atoms with van der Waals surface area (Å²) in [4.78, 5) is 9.87. The van der Waals surface area contributed by atoms with Crippen LogP contribution in [0.15, 0.2) is 23.9 Å². The minimum absolute atomic E-state index is 0.113. The summed E-state index contributed by atoms with van der Waals surface area (Å²) in [6.45, 7) is 0. The highest BCUT2D eigenvalue weighted by atomic mass is 79.9. The summed E-state index contributed by atoms with van der Waals surface area (Å²) in [5.74, 6) is 0. The van der Waals surface area contributed by atoms with E-state index in [1.807, 2.05) is 0 Å². The predicted molar refractivity (Wildman–Crippen MR) is 47.5 cm³/mol. The molecule has 0 heterocycles. The molecule has 1 unspecified atom stereocenters. The molecule has 0 aromatic carbocycles. The topological polar surface area (TPSA) is 52.4 Å². The number of nitrogens with zero attached hydrogens (tertiary/aromatic N) is 1. The van der Waals surface area contributed by atoms with Crippen molar-refractivity contribution in [2.24, 2.45) is 0 Å². The molecule has 0 radical (unpaired) electrons. The van der Waals surface area contributed by atoms with Crippen LogP contribution in [0, 0.1) is 10.1 Å². The summed E-state index contributed by atoms with van der Waals surface area (Å²) in [7, 11) is 1.55. The van der Waals surface area contributed by atoms with E-state index in [9.17, 15) is 10.1 Å².